The normalized spacial score (nSPS) is 12.7. The van der Waals surface area contributed by atoms with Crippen molar-refractivity contribution in [2.45, 2.75) is 5.37 Å². The van der Waals surface area contributed by atoms with Crippen molar-refractivity contribution < 1.29 is 13.0 Å². The zero-order chi connectivity index (χ0) is 15.5. The molecule has 0 spiro atoms. The van der Waals surface area contributed by atoms with E-state index in [9.17, 15) is 13.0 Å². The summed E-state index contributed by atoms with van der Waals surface area (Å²) >= 11 is 0. The van der Waals surface area contributed by atoms with Crippen molar-refractivity contribution in [2.75, 3.05) is 24.3 Å². The summed E-state index contributed by atoms with van der Waals surface area (Å²) in [4.78, 5) is 1.90. The summed E-state index contributed by atoms with van der Waals surface area (Å²) in [5.41, 5.74) is 1.93. The molecule has 2 aromatic rings. The van der Waals surface area contributed by atoms with Gasteiger partial charge in [0, 0.05) is 25.5 Å². The standard InChI is InChI=1S/C15H18N2O3S/c1-17(2)14-10-8-12(9-11-14)15(21(18,19)20)16-13-6-4-3-5-7-13/h3-11,15-16H,1-2H3,(H,18,19,20)/p-1. The summed E-state index contributed by atoms with van der Waals surface area (Å²) in [6.07, 6.45) is 0. The predicted molar refractivity (Wildman–Crippen MR) is 83.3 cm³/mol. The second-order valence-corrected chi connectivity index (χ2v) is 6.33. The summed E-state index contributed by atoms with van der Waals surface area (Å²) in [5, 5.41) is 1.46. The topological polar surface area (TPSA) is 72.5 Å². The molecule has 2 aromatic carbocycles. The van der Waals surface area contributed by atoms with Crippen LogP contribution in [0, 0.1) is 0 Å². The van der Waals surface area contributed by atoms with Gasteiger partial charge in [-0.2, -0.15) is 0 Å². The summed E-state index contributed by atoms with van der Waals surface area (Å²) in [7, 11) is -0.748. The first-order valence-corrected chi connectivity index (χ1v) is 7.88. The SMILES string of the molecule is CN(C)c1ccc(C(Nc2ccccc2)S(=O)(=O)[O-])cc1. The van der Waals surface area contributed by atoms with E-state index in [1.807, 2.05) is 25.1 Å². The molecule has 2 rings (SSSR count). The van der Waals surface area contributed by atoms with E-state index in [2.05, 4.69) is 5.32 Å². The first-order valence-electron chi connectivity index (χ1n) is 6.41. The lowest BCUT2D eigenvalue weighted by molar-refractivity contribution is 0.454. The Balaban J connectivity index is 2.33. The van der Waals surface area contributed by atoms with Crippen LogP contribution in [0.2, 0.25) is 0 Å². The molecule has 1 N–H and O–H groups in total. The van der Waals surface area contributed by atoms with E-state index in [0.29, 0.717) is 11.3 Å². The number of para-hydroxylation sites is 1. The van der Waals surface area contributed by atoms with Gasteiger partial charge in [0.25, 0.3) is 0 Å². The van der Waals surface area contributed by atoms with Gasteiger partial charge in [-0.15, -0.1) is 0 Å². The molecule has 5 nitrogen and oxygen atoms in total. The Morgan fingerprint density at radius 2 is 1.57 bits per heavy atom. The van der Waals surface area contributed by atoms with Crippen LogP contribution in [-0.4, -0.2) is 27.1 Å². The molecule has 0 saturated carbocycles. The van der Waals surface area contributed by atoms with Gasteiger partial charge < -0.3 is 14.8 Å². The fraction of sp³-hybridized carbons (Fsp3) is 0.200. The third-order valence-corrected chi connectivity index (χ3v) is 4.04. The van der Waals surface area contributed by atoms with Gasteiger partial charge in [0.2, 0.25) is 0 Å². The molecule has 0 aliphatic rings. The third-order valence-electron chi connectivity index (χ3n) is 3.07. The molecule has 0 aliphatic heterocycles. The number of benzene rings is 2. The molecule has 0 saturated heterocycles. The van der Waals surface area contributed by atoms with Crippen LogP contribution in [0.1, 0.15) is 10.9 Å². The molecular formula is C15H17N2O3S-. The fourth-order valence-electron chi connectivity index (χ4n) is 1.96. The van der Waals surface area contributed by atoms with E-state index in [0.717, 1.165) is 5.69 Å². The number of anilines is 2. The second kappa shape index (κ2) is 6.15. The van der Waals surface area contributed by atoms with Crippen LogP contribution >= 0.6 is 0 Å². The largest absolute Gasteiger partial charge is 0.746 e. The molecule has 0 aromatic heterocycles. The zero-order valence-corrected chi connectivity index (χ0v) is 12.7. The average molecular weight is 305 g/mol. The maximum atomic E-state index is 11.5. The number of hydrogen-bond acceptors (Lipinski definition) is 5. The van der Waals surface area contributed by atoms with Crippen molar-refractivity contribution in [1.82, 2.24) is 0 Å². The number of hydrogen-bond donors (Lipinski definition) is 1. The Morgan fingerprint density at radius 3 is 2.05 bits per heavy atom. The summed E-state index contributed by atoms with van der Waals surface area (Å²) in [6.45, 7) is 0. The van der Waals surface area contributed by atoms with Gasteiger partial charge >= 0.3 is 0 Å². The molecule has 0 aliphatic carbocycles. The quantitative estimate of drug-likeness (QED) is 0.859. The van der Waals surface area contributed by atoms with Gasteiger partial charge in [-0.05, 0) is 29.8 Å². The Bertz CT molecular complexity index is 683. The van der Waals surface area contributed by atoms with E-state index < -0.39 is 15.5 Å². The Hall–Kier alpha value is -2.05. The summed E-state index contributed by atoms with van der Waals surface area (Å²) in [5.74, 6) is 0. The highest BCUT2D eigenvalue weighted by atomic mass is 32.2. The van der Waals surface area contributed by atoms with Crippen LogP contribution in [0.25, 0.3) is 0 Å². The fourth-order valence-corrected chi connectivity index (χ4v) is 2.73. The van der Waals surface area contributed by atoms with Crippen molar-refractivity contribution in [3.8, 4) is 0 Å². The predicted octanol–water partition coefficient (Wildman–Crippen LogP) is 2.41. The average Bonchev–Trinajstić information content (AvgIpc) is 2.45. The van der Waals surface area contributed by atoms with Gasteiger partial charge in [0.15, 0.2) is 0 Å². The second-order valence-electron chi connectivity index (χ2n) is 4.87. The van der Waals surface area contributed by atoms with Gasteiger partial charge in [0.1, 0.15) is 15.5 Å². The van der Waals surface area contributed by atoms with Crippen LogP contribution in [0.15, 0.2) is 54.6 Å². The van der Waals surface area contributed by atoms with E-state index in [1.54, 1.807) is 48.5 Å². The number of rotatable bonds is 5. The van der Waals surface area contributed by atoms with Crippen LogP contribution in [0.4, 0.5) is 11.4 Å². The highest BCUT2D eigenvalue weighted by Crippen LogP contribution is 2.25. The first-order chi connectivity index (χ1) is 9.88. The molecule has 21 heavy (non-hydrogen) atoms. The molecule has 6 heteroatoms. The van der Waals surface area contributed by atoms with E-state index in [4.69, 9.17) is 0 Å². The summed E-state index contributed by atoms with van der Waals surface area (Å²) < 4.78 is 34.6. The number of nitrogens with one attached hydrogen (secondary N) is 1. The first kappa shape index (κ1) is 15.3. The molecule has 112 valence electrons. The lowest BCUT2D eigenvalue weighted by Gasteiger charge is -2.24. The van der Waals surface area contributed by atoms with E-state index in [1.165, 1.54) is 0 Å². The monoisotopic (exact) mass is 305 g/mol. The van der Waals surface area contributed by atoms with Crippen molar-refractivity contribution in [2.24, 2.45) is 0 Å². The molecule has 0 amide bonds. The van der Waals surface area contributed by atoms with Gasteiger partial charge in [-0.25, -0.2) is 8.42 Å². The molecule has 1 atom stereocenters. The van der Waals surface area contributed by atoms with E-state index >= 15 is 0 Å². The minimum Gasteiger partial charge on any atom is -0.746 e. The Kier molecular flexibility index (Phi) is 4.50. The lowest BCUT2D eigenvalue weighted by atomic mass is 10.2. The van der Waals surface area contributed by atoms with Crippen LogP contribution in [0.5, 0.6) is 0 Å². The van der Waals surface area contributed by atoms with Crippen molar-refractivity contribution >= 4 is 21.5 Å². The molecule has 0 fully saturated rings. The van der Waals surface area contributed by atoms with Crippen LogP contribution in [0.3, 0.4) is 0 Å². The highest BCUT2D eigenvalue weighted by Gasteiger charge is 2.18. The third kappa shape index (κ3) is 3.96. The van der Waals surface area contributed by atoms with Crippen molar-refractivity contribution in [3.05, 3.63) is 60.2 Å². The Labute approximate surface area is 125 Å². The number of nitrogens with zero attached hydrogens (tertiary/aromatic N) is 1. The minimum atomic E-state index is -4.52. The molecule has 0 radical (unpaired) electrons. The van der Waals surface area contributed by atoms with Crippen molar-refractivity contribution in [1.29, 1.82) is 0 Å². The smallest absolute Gasteiger partial charge is 0.143 e. The maximum absolute atomic E-state index is 11.5. The molecular weight excluding hydrogens is 288 g/mol. The van der Waals surface area contributed by atoms with Crippen molar-refractivity contribution in [3.63, 3.8) is 0 Å². The summed E-state index contributed by atoms with van der Waals surface area (Å²) in [6, 6.07) is 15.6. The van der Waals surface area contributed by atoms with E-state index in [-0.39, 0.29) is 0 Å². The molecule has 0 bridgehead atoms. The van der Waals surface area contributed by atoms with Gasteiger partial charge in [-0.1, -0.05) is 30.3 Å². The lowest BCUT2D eigenvalue weighted by Crippen LogP contribution is -2.21. The van der Waals surface area contributed by atoms with Crippen LogP contribution in [-0.2, 0) is 10.1 Å². The van der Waals surface area contributed by atoms with Gasteiger partial charge in [-0.3, -0.25) is 0 Å². The maximum Gasteiger partial charge on any atom is 0.143 e. The highest BCUT2D eigenvalue weighted by molar-refractivity contribution is 7.86. The molecule has 0 heterocycles. The van der Waals surface area contributed by atoms with Gasteiger partial charge in [0.05, 0.1) is 0 Å². The zero-order valence-electron chi connectivity index (χ0n) is 11.9. The minimum absolute atomic E-state index is 0.416. The molecule has 1 unspecified atom stereocenters. The van der Waals surface area contributed by atoms with Crippen LogP contribution < -0.4 is 10.2 Å². The Morgan fingerprint density at radius 1 is 1.00 bits per heavy atom.